The minimum atomic E-state index is -0.860. The second-order valence-corrected chi connectivity index (χ2v) is 7.88. The van der Waals surface area contributed by atoms with Gasteiger partial charge in [-0.2, -0.15) is 0 Å². The third-order valence-electron chi connectivity index (χ3n) is 5.26. The highest BCUT2D eigenvalue weighted by atomic mass is 79.9. The van der Waals surface area contributed by atoms with E-state index in [1.165, 1.54) is 12.2 Å². The minimum Gasteiger partial charge on any atom is -0.515 e. The Morgan fingerprint density at radius 1 is 1.00 bits per heavy atom. The molecule has 0 fully saturated rings. The fourth-order valence-electron chi connectivity index (χ4n) is 3.51. The predicted octanol–water partition coefficient (Wildman–Crippen LogP) is 3.08. The molecule has 0 saturated carbocycles. The number of aliphatic hydroxyl groups is 2. The first-order valence-corrected chi connectivity index (χ1v) is 10.5. The molecule has 0 aliphatic carbocycles. The molecule has 170 valence electrons. The van der Waals surface area contributed by atoms with Gasteiger partial charge in [-0.15, -0.1) is 0 Å². The molecule has 2 rings (SSSR count). The van der Waals surface area contributed by atoms with Gasteiger partial charge in [0, 0.05) is 33.4 Å². The van der Waals surface area contributed by atoms with Crippen LogP contribution in [0.25, 0.3) is 12.5 Å². The zero-order valence-corrected chi connectivity index (χ0v) is 19.8. The number of ether oxygens (including phenoxy) is 2. The fraction of sp³-hybridized carbons (Fsp3) is 0.250. The molecule has 8 heteroatoms. The van der Waals surface area contributed by atoms with Crippen molar-refractivity contribution in [1.29, 1.82) is 0 Å². The van der Waals surface area contributed by atoms with E-state index < -0.39 is 17.9 Å². The summed E-state index contributed by atoms with van der Waals surface area (Å²) in [6, 6.07) is 3.17. The number of hydrogen-bond donors (Lipinski definition) is 2. The van der Waals surface area contributed by atoms with Crippen LogP contribution in [-0.2, 0) is 19.1 Å². The smallest absolute Gasteiger partial charge is 0.337 e. The van der Waals surface area contributed by atoms with Crippen LogP contribution in [0.2, 0.25) is 0 Å². The second kappa shape index (κ2) is 10.9. The summed E-state index contributed by atoms with van der Waals surface area (Å²) >= 11 is 3.48. The van der Waals surface area contributed by atoms with Crippen molar-refractivity contribution in [3.63, 3.8) is 0 Å². The Balaban J connectivity index is 2.88. The maximum Gasteiger partial charge on any atom is 0.337 e. The summed E-state index contributed by atoms with van der Waals surface area (Å²) in [7, 11) is 1.74. The third-order valence-corrected chi connectivity index (χ3v) is 5.95. The van der Waals surface area contributed by atoms with Crippen LogP contribution in [-0.4, -0.2) is 47.3 Å². The summed E-state index contributed by atoms with van der Waals surface area (Å²) < 4.78 is 11.2. The van der Waals surface area contributed by atoms with E-state index in [0.29, 0.717) is 31.9 Å². The van der Waals surface area contributed by atoms with Gasteiger partial charge in [-0.25, -0.2) is 9.59 Å². The van der Waals surface area contributed by atoms with Crippen molar-refractivity contribution in [2.24, 2.45) is 0 Å². The normalized spacial score (nSPS) is 15.8. The van der Waals surface area contributed by atoms with Crippen molar-refractivity contribution >= 4 is 40.4 Å². The average Bonchev–Trinajstić information content (AvgIpc) is 2.78. The van der Waals surface area contributed by atoms with Gasteiger partial charge in [-0.3, -0.25) is 0 Å². The van der Waals surface area contributed by atoms with Gasteiger partial charge in [0.15, 0.2) is 0 Å². The van der Waals surface area contributed by atoms with Crippen LogP contribution in [0.15, 0.2) is 64.5 Å². The Kier molecular flexibility index (Phi) is 8.48. The number of hydrogen-bond acceptors (Lipinski definition) is 7. The number of allylic oxidation sites excluding steroid dienone is 2. The van der Waals surface area contributed by atoms with Crippen molar-refractivity contribution in [2.75, 3.05) is 20.3 Å². The molecule has 0 bridgehead atoms. The van der Waals surface area contributed by atoms with Crippen molar-refractivity contribution in [1.82, 2.24) is 4.90 Å². The first-order chi connectivity index (χ1) is 15.2. The molecule has 1 aliphatic rings. The van der Waals surface area contributed by atoms with Gasteiger partial charge >= 0.3 is 11.9 Å². The number of nitrogens with zero attached hydrogens (tertiary/aromatic N) is 1. The SMILES string of the molecule is C=CCOC(=O)C1=C(C)N(C)C(C)=C(C(=O)OCC=C)C1c1cc(=CO)c(=CO)cc1Br. The molecule has 1 aromatic rings. The lowest BCUT2D eigenvalue weighted by atomic mass is 9.79. The third kappa shape index (κ3) is 4.80. The molecule has 0 spiro atoms. The molecule has 32 heavy (non-hydrogen) atoms. The maximum absolute atomic E-state index is 13.1. The first kappa shape index (κ1) is 25.0. The van der Waals surface area contributed by atoms with Gasteiger partial charge in [0.1, 0.15) is 13.2 Å². The lowest BCUT2D eigenvalue weighted by molar-refractivity contribution is -0.139. The topological polar surface area (TPSA) is 96.3 Å². The molecule has 1 aliphatic heterocycles. The van der Waals surface area contributed by atoms with E-state index in [1.807, 2.05) is 0 Å². The molecule has 0 saturated heterocycles. The van der Waals surface area contributed by atoms with E-state index in [1.54, 1.807) is 37.9 Å². The standard InChI is InChI=1S/C24H26BrNO6/c1-6-8-31-23(29)20-14(3)26(5)15(4)21(24(30)32-9-7-2)22(20)18-10-16(12-27)17(13-28)11-19(18)25/h6-7,10-13,22,27-28H,1-2,8-9H2,3-5H3. The number of rotatable bonds is 7. The van der Waals surface area contributed by atoms with E-state index >= 15 is 0 Å². The number of esters is 2. The number of benzene rings is 1. The highest BCUT2D eigenvalue weighted by molar-refractivity contribution is 9.10. The lowest BCUT2D eigenvalue weighted by Crippen LogP contribution is -2.35. The minimum absolute atomic E-state index is 0.000234. The molecule has 0 unspecified atom stereocenters. The Bertz CT molecular complexity index is 1080. The zero-order valence-electron chi connectivity index (χ0n) is 18.2. The van der Waals surface area contributed by atoms with Gasteiger partial charge < -0.3 is 24.6 Å². The van der Waals surface area contributed by atoms with Crippen molar-refractivity contribution < 1.29 is 29.3 Å². The zero-order chi connectivity index (χ0) is 24.0. The van der Waals surface area contributed by atoms with Crippen LogP contribution in [0.1, 0.15) is 25.3 Å². The van der Waals surface area contributed by atoms with Crippen LogP contribution >= 0.6 is 15.9 Å². The van der Waals surface area contributed by atoms with Crippen molar-refractivity contribution in [3.8, 4) is 0 Å². The summed E-state index contributed by atoms with van der Waals surface area (Å²) in [5.41, 5.74) is 2.20. The molecular formula is C24H26BrNO6. The van der Waals surface area contributed by atoms with Crippen LogP contribution in [0, 0.1) is 0 Å². The first-order valence-electron chi connectivity index (χ1n) is 9.72. The number of carbonyl (C=O) groups is 2. The quantitative estimate of drug-likeness (QED) is 0.435. The number of carbonyl (C=O) groups excluding carboxylic acids is 2. The Hall–Kier alpha value is -3.26. The molecule has 0 aromatic heterocycles. The predicted molar refractivity (Wildman–Crippen MR) is 126 cm³/mol. The van der Waals surface area contributed by atoms with Crippen LogP contribution < -0.4 is 10.4 Å². The molecule has 1 heterocycles. The van der Waals surface area contributed by atoms with Gasteiger partial charge in [-0.05, 0) is 31.5 Å². The van der Waals surface area contributed by atoms with E-state index in [0.717, 1.165) is 12.5 Å². The van der Waals surface area contributed by atoms with Crippen molar-refractivity contribution in [2.45, 2.75) is 19.8 Å². The van der Waals surface area contributed by atoms with Gasteiger partial charge in [0.05, 0.1) is 29.6 Å². The van der Waals surface area contributed by atoms with Gasteiger partial charge in [-0.1, -0.05) is 41.2 Å². The Morgan fingerprint density at radius 3 is 1.84 bits per heavy atom. The van der Waals surface area contributed by atoms with E-state index in [2.05, 4.69) is 29.1 Å². The Morgan fingerprint density at radius 2 is 1.44 bits per heavy atom. The van der Waals surface area contributed by atoms with E-state index in [4.69, 9.17) is 9.47 Å². The fourth-order valence-corrected chi connectivity index (χ4v) is 4.10. The molecule has 2 N–H and O–H groups in total. The van der Waals surface area contributed by atoms with Gasteiger partial charge in [0.2, 0.25) is 0 Å². The molecule has 1 aromatic carbocycles. The van der Waals surface area contributed by atoms with E-state index in [9.17, 15) is 19.8 Å². The average molecular weight is 504 g/mol. The largest absolute Gasteiger partial charge is 0.515 e. The van der Waals surface area contributed by atoms with Crippen LogP contribution in [0.4, 0.5) is 0 Å². The maximum atomic E-state index is 13.1. The van der Waals surface area contributed by atoms with Crippen LogP contribution in [0.5, 0.6) is 0 Å². The summed E-state index contributed by atoms with van der Waals surface area (Å²) in [5, 5.41) is 19.8. The van der Waals surface area contributed by atoms with Crippen molar-refractivity contribution in [3.05, 3.63) is 80.5 Å². The second-order valence-electron chi connectivity index (χ2n) is 7.03. The number of halogens is 1. The number of aliphatic hydroxyl groups excluding tert-OH is 2. The summed E-state index contributed by atoms with van der Waals surface area (Å²) in [4.78, 5) is 28.0. The summed E-state index contributed by atoms with van der Waals surface area (Å²) in [5.74, 6) is -2.08. The molecule has 0 radical (unpaired) electrons. The molecule has 0 atom stereocenters. The molecule has 0 amide bonds. The van der Waals surface area contributed by atoms with Crippen LogP contribution in [0.3, 0.4) is 0 Å². The monoisotopic (exact) mass is 503 g/mol. The highest BCUT2D eigenvalue weighted by Crippen LogP contribution is 2.43. The van der Waals surface area contributed by atoms with Gasteiger partial charge in [0.25, 0.3) is 0 Å². The molecular weight excluding hydrogens is 478 g/mol. The summed E-state index contributed by atoms with van der Waals surface area (Å²) in [6.45, 7) is 10.7. The highest BCUT2D eigenvalue weighted by Gasteiger charge is 2.40. The van der Waals surface area contributed by atoms with E-state index in [-0.39, 0.29) is 24.4 Å². The summed E-state index contributed by atoms with van der Waals surface area (Å²) in [6.07, 6.45) is 4.60. The lowest BCUT2D eigenvalue weighted by Gasteiger charge is -2.36. The Labute approximate surface area is 195 Å². The molecule has 7 nitrogen and oxygen atoms in total.